The topological polar surface area (TPSA) is 69.4 Å². The fourth-order valence-electron chi connectivity index (χ4n) is 1.28. The van der Waals surface area contributed by atoms with Crippen molar-refractivity contribution in [3.05, 3.63) is 37.4 Å². The number of hydrogen-bond donors (Lipinski definition) is 0. The summed E-state index contributed by atoms with van der Waals surface area (Å²) >= 11 is 1.97. The highest BCUT2D eigenvalue weighted by Crippen LogP contribution is 2.26. The largest absolute Gasteiger partial charge is 0.469 e. The molecule has 1 aromatic rings. The monoisotopic (exact) mass is 335 g/mol. The molecule has 0 spiro atoms. The molecule has 6 heteroatoms. The van der Waals surface area contributed by atoms with Gasteiger partial charge in [0.15, 0.2) is 0 Å². The predicted octanol–water partition coefficient (Wildman–Crippen LogP) is 2.48. The van der Waals surface area contributed by atoms with E-state index in [9.17, 15) is 14.9 Å². The molecular formula is C10H10INO4. The minimum Gasteiger partial charge on any atom is -0.469 e. The molecule has 0 aliphatic carbocycles. The highest BCUT2D eigenvalue weighted by molar-refractivity contribution is 14.1. The Balaban J connectivity index is 3.08. The van der Waals surface area contributed by atoms with Crippen LogP contribution in [0.25, 0.3) is 0 Å². The first-order valence-corrected chi connectivity index (χ1v) is 5.57. The summed E-state index contributed by atoms with van der Waals surface area (Å²) in [5.41, 5.74) is 0.753. The van der Waals surface area contributed by atoms with Crippen molar-refractivity contribution in [2.24, 2.45) is 0 Å². The molecule has 0 amide bonds. The molecule has 0 aliphatic rings. The summed E-state index contributed by atoms with van der Waals surface area (Å²) < 4.78 is 5.31. The number of nitro benzene ring substituents is 1. The second-order valence-corrected chi connectivity index (χ2v) is 4.37. The molecule has 1 unspecified atom stereocenters. The third-order valence-electron chi connectivity index (χ3n) is 2.22. The van der Waals surface area contributed by atoms with Gasteiger partial charge in [-0.15, -0.1) is 0 Å². The molecule has 0 radical (unpaired) electrons. The number of non-ortho nitro benzene ring substituents is 1. The number of halogens is 1. The van der Waals surface area contributed by atoms with Gasteiger partial charge in [-0.05, 0) is 35.1 Å². The van der Waals surface area contributed by atoms with Gasteiger partial charge >= 0.3 is 5.97 Å². The van der Waals surface area contributed by atoms with Crippen LogP contribution in [-0.2, 0) is 9.53 Å². The lowest BCUT2D eigenvalue weighted by Crippen LogP contribution is -2.12. The fraction of sp³-hybridized carbons (Fsp3) is 0.300. The molecule has 0 N–H and O–H groups in total. The van der Waals surface area contributed by atoms with Gasteiger partial charge in [0.05, 0.1) is 18.0 Å². The molecular weight excluding hydrogens is 325 g/mol. The summed E-state index contributed by atoms with van der Waals surface area (Å²) in [5.74, 6) is -0.774. The Kier molecular flexibility index (Phi) is 4.22. The summed E-state index contributed by atoms with van der Waals surface area (Å²) in [7, 11) is 1.32. The van der Waals surface area contributed by atoms with Crippen LogP contribution in [0.5, 0.6) is 0 Å². The standard InChI is InChI=1S/C10H10INO4/c1-6(10(13)16-2)8-4-3-7(12(14)15)5-9(8)11/h3-6H,1-2H3. The molecule has 0 bridgehead atoms. The summed E-state index contributed by atoms with van der Waals surface area (Å²) in [6.45, 7) is 1.70. The Hall–Kier alpha value is -1.18. The molecule has 86 valence electrons. The number of rotatable bonds is 3. The van der Waals surface area contributed by atoms with E-state index in [1.165, 1.54) is 19.2 Å². The van der Waals surface area contributed by atoms with E-state index in [1.807, 2.05) is 22.6 Å². The molecule has 0 saturated carbocycles. The van der Waals surface area contributed by atoms with Gasteiger partial charge in [0.1, 0.15) is 0 Å². The maximum absolute atomic E-state index is 11.3. The van der Waals surface area contributed by atoms with E-state index in [4.69, 9.17) is 0 Å². The summed E-state index contributed by atoms with van der Waals surface area (Å²) in [4.78, 5) is 21.4. The lowest BCUT2D eigenvalue weighted by molar-refractivity contribution is -0.385. The molecule has 1 rings (SSSR count). The zero-order valence-electron chi connectivity index (χ0n) is 8.77. The van der Waals surface area contributed by atoms with Gasteiger partial charge in [-0.3, -0.25) is 14.9 Å². The Morgan fingerprint density at radius 2 is 2.19 bits per heavy atom. The molecule has 0 saturated heterocycles. The van der Waals surface area contributed by atoms with Crippen molar-refractivity contribution in [1.82, 2.24) is 0 Å². The van der Waals surface area contributed by atoms with E-state index < -0.39 is 10.8 Å². The van der Waals surface area contributed by atoms with Crippen LogP contribution in [0.3, 0.4) is 0 Å². The van der Waals surface area contributed by atoms with Crippen molar-refractivity contribution >= 4 is 34.2 Å². The first kappa shape index (κ1) is 12.9. The second kappa shape index (κ2) is 5.24. The molecule has 0 heterocycles. The second-order valence-electron chi connectivity index (χ2n) is 3.21. The minimum absolute atomic E-state index is 0.0187. The first-order chi connectivity index (χ1) is 7.47. The number of ether oxygens (including phenoxy) is 1. The van der Waals surface area contributed by atoms with E-state index >= 15 is 0 Å². The van der Waals surface area contributed by atoms with Crippen LogP contribution < -0.4 is 0 Å². The van der Waals surface area contributed by atoms with Gasteiger partial charge in [0.25, 0.3) is 5.69 Å². The first-order valence-electron chi connectivity index (χ1n) is 4.49. The van der Waals surface area contributed by atoms with Crippen LogP contribution in [0.1, 0.15) is 18.4 Å². The number of esters is 1. The van der Waals surface area contributed by atoms with E-state index in [-0.39, 0.29) is 11.7 Å². The molecule has 1 aromatic carbocycles. The van der Waals surface area contributed by atoms with Crippen molar-refractivity contribution < 1.29 is 14.5 Å². The van der Waals surface area contributed by atoms with Crippen molar-refractivity contribution in [3.63, 3.8) is 0 Å². The van der Waals surface area contributed by atoms with E-state index in [0.717, 1.165) is 5.56 Å². The zero-order chi connectivity index (χ0) is 12.3. The summed E-state index contributed by atoms with van der Waals surface area (Å²) in [6, 6.07) is 4.41. The third-order valence-corrected chi connectivity index (χ3v) is 3.15. The van der Waals surface area contributed by atoms with Crippen molar-refractivity contribution in [2.45, 2.75) is 12.8 Å². The number of methoxy groups -OCH3 is 1. The smallest absolute Gasteiger partial charge is 0.312 e. The molecule has 16 heavy (non-hydrogen) atoms. The lowest BCUT2D eigenvalue weighted by Gasteiger charge is -2.10. The lowest BCUT2D eigenvalue weighted by atomic mass is 10.0. The van der Waals surface area contributed by atoms with E-state index in [1.54, 1.807) is 13.0 Å². The molecule has 0 fully saturated rings. The van der Waals surface area contributed by atoms with Gasteiger partial charge in [-0.1, -0.05) is 6.07 Å². The number of benzene rings is 1. The number of nitrogens with zero attached hydrogens (tertiary/aromatic N) is 1. The summed E-state index contributed by atoms with van der Waals surface area (Å²) in [5, 5.41) is 10.5. The number of carbonyl (C=O) groups excluding carboxylic acids is 1. The molecule has 1 atom stereocenters. The Bertz CT molecular complexity index is 433. The van der Waals surface area contributed by atoms with Gasteiger partial charge in [-0.25, -0.2) is 0 Å². The van der Waals surface area contributed by atoms with Crippen LogP contribution in [0.2, 0.25) is 0 Å². The fourth-order valence-corrected chi connectivity index (χ4v) is 2.25. The van der Waals surface area contributed by atoms with Crippen LogP contribution in [0.15, 0.2) is 18.2 Å². The van der Waals surface area contributed by atoms with Crippen LogP contribution >= 0.6 is 22.6 Å². The predicted molar refractivity (Wildman–Crippen MR) is 66.2 cm³/mol. The average Bonchev–Trinajstić information content (AvgIpc) is 2.26. The van der Waals surface area contributed by atoms with Gasteiger partial charge in [0.2, 0.25) is 0 Å². The number of carbonyl (C=O) groups is 1. The van der Waals surface area contributed by atoms with Crippen molar-refractivity contribution in [3.8, 4) is 0 Å². The number of nitro groups is 1. The van der Waals surface area contributed by atoms with Crippen LogP contribution in [0, 0.1) is 13.7 Å². The van der Waals surface area contributed by atoms with Gasteiger partial charge in [0, 0.05) is 15.7 Å². The zero-order valence-corrected chi connectivity index (χ0v) is 10.9. The minimum atomic E-state index is -0.464. The average molecular weight is 335 g/mol. The number of hydrogen-bond acceptors (Lipinski definition) is 4. The Labute approximate surface area is 106 Å². The van der Waals surface area contributed by atoms with Crippen molar-refractivity contribution in [2.75, 3.05) is 7.11 Å². The van der Waals surface area contributed by atoms with E-state index in [0.29, 0.717) is 3.57 Å². The highest BCUT2D eigenvalue weighted by atomic mass is 127. The quantitative estimate of drug-likeness (QED) is 0.368. The molecule has 0 aromatic heterocycles. The SMILES string of the molecule is COC(=O)C(C)c1ccc([N+](=O)[O-])cc1I. The van der Waals surface area contributed by atoms with Crippen LogP contribution in [0.4, 0.5) is 5.69 Å². The Morgan fingerprint density at radius 1 is 1.56 bits per heavy atom. The highest BCUT2D eigenvalue weighted by Gasteiger charge is 2.19. The molecule has 5 nitrogen and oxygen atoms in total. The maximum Gasteiger partial charge on any atom is 0.312 e. The Morgan fingerprint density at radius 3 is 2.62 bits per heavy atom. The maximum atomic E-state index is 11.3. The van der Waals surface area contributed by atoms with Crippen molar-refractivity contribution in [1.29, 1.82) is 0 Å². The normalized spacial score (nSPS) is 11.9. The molecule has 0 aliphatic heterocycles. The van der Waals surface area contributed by atoms with E-state index in [2.05, 4.69) is 4.74 Å². The third kappa shape index (κ3) is 2.69. The van der Waals surface area contributed by atoms with Gasteiger partial charge < -0.3 is 4.74 Å². The van der Waals surface area contributed by atoms with Crippen LogP contribution in [-0.4, -0.2) is 18.0 Å². The van der Waals surface area contributed by atoms with Gasteiger partial charge in [-0.2, -0.15) is 0 Å². The summed E-state index contributed by atoms with van der Waals surface area (Å²) in [6.07, 6.45) is 0.